The van der Waals surface area contributed by atoms with Gasteiger partial charge in [0.25, 0.3) is 5.56 Å². The van der Waals surface area contributed by atoms with E-state index in [4.69, 9.17) is 0 Å². The van der Waals surface area contributed by atoms with Crippen molar-refractivity contribution in [1.29, 1.82) is 0 Å². The molecule has 1 aromatic rings. The van der Waals surface area contributed by atoms with Gasteiger partial charge in [-0.25, -0.2) is 0 Å². The fourth-order valence-corrected chi connectivity index (χ4v) is 1.94. The van der Waals surface area contributed by atoms with Gasteiger partial charge in [-0.1, -0.05) is 6.07 Å². The summed E-state index contributed by atoms with van der Waals surface area (Å²) >= 11 is 0. The predicted molar refractivity (Wildman–Crippen MR) is 64.9 cm³/mol. The number of nitrogens with zero attached hydrogens (tertiary/aromatic N) is 2. The Morgan fingerprint density at radius 3 is 2.78 bits per heavy atom. The monoisotopic (exact) mass is 249 g/mol. The van der Waals surface area contributed by atoms with Gasteiger partial charge < -0.3 is 14.8 Å². The van der Waals surface area contributed by atoms with Crippen molar-refractivity contribution < 1.29 is 9.59 Å². The summed E-state index contributed by atoms with van der Waals surface area (Å²) in [7, 11) is 0. The highest BCUT2D eigenvalue weighted by Crippen LogP contribution is 2.02. The lowest BCUT2D eigenvalue weighted by atomic mass is 10.2. The lowest BCUT2D eigenvalue weighted by molar-refractivity contribution is -0.143. The van der Waals surface area contributed by atoms with Crippen LogP contribution in [-0.2, 0) is 16.1 Å². The van der Waals surface area contributed by atoms with Crippen molar-refractivity contribution in [3.8, 4) is 0 Å². The van der Waals surface area contributed by atoms with Crippen LogP contribution in [0.15, 0.2) is 29.2 Å². The molecule has 2 heterocycles. The molecular weight excluding hydrogens is 234 g/mol. The molecule has 6 heteroatoms. The maximum absolute atomic E-state index is 11.8. The zero-order valence-corrected chi connectivity index (χ0v) is 10.1. The predicted octanol–water partition coefficient (Wildman–Crippen LogP) is -0.805. The quantitative estimate of drug-likeness (QED) is 0.762. The van der Waals surface area contributed by atoms with E-state index < -0.39 is 6.04 Å². The number of pyridine rings is 1. The second-order valence-electron chi connectivity index (χ2n) is 4.28. The van der Waals surface area contributed by atoms with E-state index in [0.29, 0.717) is 13.1 Å². The van der Waals surface area contributed by atoms with Gasteiger partial charge in [-0.05, 0) is 13.0 Å². The molecule has 1 saturated heterocycles. The lowest BCUT2D eigenvalue weighted by Crippen LogP contribution is -2.57. The van der Waals surface area contributed by atoms with Gasteiger partial charge in [-0.2, -0.15) is 0 Å². The second kappa shape index (κ2) is 5.03. The summed E-state index contributed by atoms with van der Waals surface area (Å²) in [5.74, 6) is -0.277. The summed E-state index contributed by atoms with van der Waals surface area (Å²) in [6, 6.07) is 4.40. The van der Waals surface area contributed by atoms with E-state index in [0.717, 1.165) is 0 Å². The Balaban J connectivity index is 2.02. The Morgan fingerprint density at radius 2 is 2.06 bits per heavy atom. The van der Waals surface area contributed by atoms with Crippen LogP contribution in [0.2, 0.25) is 0 Å². The molecule has 1 aromatic heterocycles. The average Bonchev–Trinajstić information content (AvgIpc) is 2.33. The molecule has 0 saturated carbocycles. The van der Waals surface area contributed by atoms with Crippen molar-refractivity contribution in [2.45, 2.75) is 19.5 Å². The van der Waals surface area contributed by atoms with E-state index in [9.17, 15) is 14.4 Å². The first-order chi connectivity index (χ1) is 8.58. The van der Waals surface area contributed by atoms with Gasteiger partial charge in [0.15, 0.2) is 0 Å². The topological polar surface area (TPSA) is 71.4 Å². The number of hydrogen-bond acceptors (Lipinski definition) is 3. The maximum atomic E-state index is 11.8. The number of piperazine rings is 1. The molecule has 1 N–H and O–H groups in total. The summed E-state index contributed by atoms with van der Waals surface area (Å²) in [5, 5.41) is 2.57. The van der Waals surface area contributed by atoms with Crippen LogP contribution < -0.4 is 10.9 Å². The minimum atomic E-state index is -0.487. The third kappa shape index (κ3) is 2.58. The van der Waals surface area contributed by atoms with Gasteiger partial charge in [0.2, 0.25) is 11.8 Å². The van der Waals surface area contributed by atoms with E-state index in [-0.39, 0.29) is 23.9 Å². The van der Waals surface area contributed by atoms with Crippen LogP contribution in [0, 0.1) is 0 Å². The molecule has 6 nitrogen and oxygen atoms in total. The van der Waals surface area contributed by atoms with Crippen LogP contribution in [0.3, 0.4) is 0 Å². The smallest absolute Gasteiger partial charge is 0.250 e. The fraction of sp³-hybridized carbons (Fsp3) is 0.417. The molecule has 0 aliphatic carbocycles. The third-order valence-corrected chi connectivity index (χ3v) is 2.90. The van der Waals surface area contributed by atoms with Crippen molar-refractivity contribution in [2.24, 2.45) is 0 Å². The standard InChI is InChI=1S/C12H15N3O3/c1-9-12(18)15(8-10(16)13-9)7-6-14-5-3-2-4-11(14)17/h2-5,9H,6-8H2,1H3,(H,13,16). The summed E-state index contributed by atoms with van der Waals surface area (Å²) < 4.78 is 1.52. The number of hydrogen-bond donors (Lipinski definition) is 1. The summed E-state index contributed by atoms with van der Waals surface area (Å²) in [6.07, 6.45) is 1.67. The van der Waals surface area contributed by atoms with Gasteiger partial charge in [-0.15, -0.1) is 0 Å². The Morgan fingerprint density at radius 1 is 1.28 bits per heavy atom. The highest BCUT2D eigenvalue weighted by molar-refractivity contribution is 5.94. The van der Waals surface area contributed by atoms with Crippen LogP contribution in [0.25, 0.3) is 0 Å². The van der Waals surface area contributed by atoms with Crippen molar-refractivity contribution >= 4 is 11.8 Å². The van der Waals surface area contributed by atoms with E-state index in [2.05, 4.69) is 5.32 Å². The summed E-state index contributed by atoms with van der Waals surface area (Å²) in [6.45, 7) is 2.47. The molecule has 1 atom stereocenters. The minimum absolute atomic E-state index is 0.0603. The number of carbonyl (C=O) groups excluding carboxylic acids is 2. The van der Waals surface area contributed by atoms with Gasteiger partial charge in [0, 0.05) is 25.4 Å². The second-order valence-corrected chi connectivity index (χ2v) is 4.28. The van der Waals surface area contributed by atoms with E-state index in [1.807, 2.05) is 0 Å². The maximum Gasteiger partial charge on any atom is 0.250 e. The Labute approximate surface area is 104 Å². The van der Waals surface area contributed by atoms with Crippen molar-refractivity contribution in [1.82, 2.24) is 14.8 Å². The zero-order chi connectivity index (χ0) is 13.1. The molecule has 96 valence electrons. The number of rotatable bonds is 3. The Bertz CT molecular complexity index is 523. The largest absolute Gasteiger partial charge is 0.343 e. The molecule has 1 aliphatic rings. The van der Waals surface area contributed by atoms with Gasteiger partial charge in [0.1, 0.15) is 6.04 Å². The van der Waals surface area contributed by atoms with Crippen LogP contribution in [-0.4, -0.2) is 40.4 Å². The van der Waals surface area contributed by atoms with E-state index in [1.54, 1.807) is 25.3 Å². The number of nitrogens with one attached hydrogen (secondary N) is 1. The molecule has 1 fully saturated rings. The number of carbonyl (C=O) groups is 2. The van der Waals surface area contributed by atoms with E-state index >= 15 is 0 Å². The Kier molecular flexibility index (Phi) is 3.45. The lowest BCUT2D eigenvalue weighted by Gasteiger charge is -2.30. The third-order valence-electron chi connectivity index (χ3n) is 2.90. The van der Waals surface area contributed by atoms with Crippen LogP contribution >= 0.6 is 0 Å². The van der Waals surface area contributed by atoms with Gasteiger partial charge in [-0.3, -0.25) is 14.4 Å². The SMILES string of the molecule is CC1NC(=O)CN(CCn2ccccc2=O)C1=O. The first-order valence-electron chi connectivity index (χ1n) is 5.81. The molecule has 18 heavy (non-hydrogen) atoms. The number of aromatic nitrogens is 1. The van der Waals surface area contributed by atoms with Gasteiger partial charge >= 0.3 is 0 Å². The van der Waals surface area contributed by atoms with Crippen molar-refractivity contribution in [3.63, 3.8) is 0 Å². The average molecular weight is 249 g/mol. The normalized spacial score (nSPS) is 19.8. The molecule has 2 amide bonds. The zero-order valence-electron chi connectivity index (χ0n) is 10.1. The van der Waals surface area contributed by atoms with Crippen molar-refractivity contribution in [3.05, 3.63) is 34.7 Å². The van der Waals surface area contributed by atoms with Crippen LogP contribution in [0.1, 0.15) is 6.92 Å². The highest BCUT2D eigenvalue weighted by Gasteiger charge is 2.28. The van der Waals surface area contributed by atoms with Gasteiger partial charge in [0.05, 0.1) is 6.54 Å². The Hall–Kier alpha value is -2.11. The molecule has 0 aromatic carbocycles. The first-order valence-corrected chi connectivity index (χ1v) is 5.81. The molecular formula is C12H15N3O3. The van der Waals surface area contributed by atoms with Crippen molar-refractivity contribution in [2.75, 3.05) is 13.1 Å². The highest BCUT2D eigenvalue weighted by atomic mass is 16.2. The number of amides is 2. The minimum Gasteiger partial charge on any atom is -0.343 e. The fourth-order valence-electron chi connectivity index (χ4n) is 1.94. The van der Waals surface area contributed by atoms with Crippen LogP contribution in [0.5, 0.6) is 0 Å². The van der Waals surface area contributed by atoms with Crippen LogP contribution in [0.4, 0.5) is 0 Å². The summed E-state index contributed by atoms with van der Waals surface area (Å²) in [5.41, 5.74) is -0.112. The summed E-state index contributed by atoms with van der Waals surface area (Å²) in [4.78, 5) is 36.1. The molecule has 0 bridgehead atoms. The molecule has 0 radical (unpaired) electrons. The molecule has 2 rings (SSSR count). The first kappa shape index (κ1) is 12.3. The van der Waals surface area contributed by atoms with E-state index in [1.165, 1.54) is 15.5 Å². The molecule has 0 spiro atoms. The molecule has 1 aliphatic heterocycles. The molecule has 1 unspecified atom stereocenters.